The van der Waals surface area contributed by atoms with E-state index in [1.165, 1.54) is 12.8 Å². The standard InChI is InChI=1S/C21H30O2/c1-5-6-7-8-16-12-19(22)21(20(23)13-16)18-11-15(4)9-10-17(18)14(2)3/h11-13,15,17,22-23H,2,5-10H2,1,3-4H3. The fourth-order valence-electron chi connectivity index (χ4n) is 3.55. The third-order valence-electron chi connectivity index (χ3n) is 4.86. The molecule has 2 unspecified atom stereocenters. The second-order valence-corrected chi connectivity index (χ2v) is 7.04. The molecule has 23 heavy (non-hydrogen) atoms. The van der Waals surface area contributed by atoms with E-state index in [2.05, 4.69) is 26.5 Å². The van der Waals surface area contributed by atoms with Gasteiger partial charge in [0.1, 0.15) is 11.5 Å². The van der Waals surface area contributed by atoms with E-state index >= 15 is 0 Å². The number of allylic oxidation sites excluding steroid dienone is 3. The molecular weight excluding hydrogens is 284 g/mol. The van der Waals surface area contributed by atoms with Gasteiger partial charge in [0.2, 0.25) is 0 Å². The summed E-state index contributed by atoms with van der Waals surface area (Å²) < 4.78 is 0. The van der Waals surface area contributed by atoms with Crippen molar-refractivity contribution in [2.75, 3.05) is 0 Å². The summed E-state index contributed by atoms with van der Waals surface area (Å²) in [7, 11) is 0. The van der Waals surface area contributed by atoms with Crippen molar-refractivity contribution in [2.45, 2.75) is 59.3 Å². The lowest BCUT2D eigenvalue weighted by Gasteiger charge is -2.29. The number of phenolic OH excluding ortho intramolecular Hbond substituents is 2. The first-order valence-electron chi connectivity index (χ1n) is 8.86. The highest BCUT2D eigenvalue weighted by molar-refractivity contribution is 5.79. The van der Waals surface area contributed by atoms with Crippen LogP contribution in [0.3, 0.4) is 0 Å². The van der Waals surface area contributed by atoms with Crippen molar-refractivity contribution >= 4 is 5.57 Å². The van der Waals surface area contributed by atoms with Crippen LogP contribution < -0.4 is 0 Å². The van der Waals surface area contributed by atoms with Crippen LogP contribution in [0.5, 0.6) is 11.5 Å². The highest BCUT2D eigenvalue weighted by Crippen LogP contribution is 2.45. The molecule has 0 aromatic heterocycles. The topological polar surface area (TPSA) is 40.5 Å². The van der Waals surface area contributed by atoms with Gasteiger partial charge in [-0.1, -0.05) is 44.9 Å². The van der Waals surface area contributed by atoms with Crippen molar-refractivity contribution in [1.82, 2.24) is 0 Å². The van der Waals surface area contributed by atoms with Gasteiger partial charge in [0.15, 0.2) is 0 Å². The van der Waals surface area contributed by atoms with Gasteiger partial charge in [-0.15, -0.1) is 0 Å². The molecule has 0 fully saturated rings. The molecule has 126 valence electrons. The van der Waals surface area contributed by atoms with E-state index in [0.717, 1.165) is 42.4 Å². The minimum Gasteiger partial charge on any atom is -0.507 e. The van der Waals surface area contributed by atoms with Crippen LogP contribution in [0.25, 0.3) is 5.57 Å². The summed E-state index contributed by atoms with van der Waals surface area (Å²) in [6.07, 6.45) is 8.66. The molecule has 2 N–H and O–H groups in total. The van der Waals surface area contributed by atoms with Crippen LogP contribution in [0.1, 0.15) is 64.0 Å². The molecular formula is C21H30O2. The van der Waals surface area contributed by atoms with Crippen molar-refractivity contribution in [3.8, 4) is 11.5 Å². The van der Waals surface area contributed by atoms with Gasteiger partial charge < -0.3 is 10.2 Å². The number of hydrogen-bond acceptors (Lipinski definition) is 2. The van der Waals surface area contributed by atoms with Crippen LogP contribution in [0, 0.1) is 11.8 Å². The van der Waals surface area contributed by atoms with Crippen LogP contribution in [-0.4, -0.2) is 10.2 Å². The summed E-state index contributed by atoms with van der Waals surface area (Å²) in [6.45, 7) is 10.5. The first kappa shape index (κ1) is 17.7. The Bertz CT molecular complexity index is 575. The molecule has 0 aliphatic heterocycles. The maximum atomic E-state index is 10.5. The zero-order valence-electron chi connectivity index (χ0n) is 14.7. The monoisotopic (exact) mass is 314 g/mol. The molecule has 0 spiro atoms. The van der Waals surface area contributed by atoms with E-state index in [9.17, 15) is 10.2 Å². The second-order valence-electron chi connectivity index (χ2n) is 7.04. The van der Waals surface area contributed by atoms with Gasteiger partial charge in [0.05, 0.1) is 5.56 Å². The number of rotatable bonds is 6. The molecule has 1 aliphatic carbocycles. The van der Waals surface area contributed by atoms with Crippen molar-refractivity contribution in [1.29, 1.82) is 0 Å². The largest absolute Gasteiger partial charge is 0.507 e. The Morgan fingerprint density at radius 2 is 1.83 bits per heavy atom. The molecule has 2 nitrogen and oxygen atoms in total. The Balaban J connectivity index is 2.36. The zero-order chi connectivity index (χ0) is 17.0. The average Bonchev–Trinajstić information content (AvgIpc) is 2.46. The minimum atomic E-state index is 0.197. The van der Waals surface area contributed by atoms with Gasteiger partial charge in [0.25, 0.3) is 0 Å². The first-order valence-corrected chi connectivity index (χ1v) is 8.86. The summed E-state index contributed by atoms with van der Waals surface area (Å²) >= 11 is 0. The summed E-state index contributed by atoms with van der Waals surface area (Å²) in [6, 6.07) is 3.64. The minimum absolute atomic E-state index is 0.197. The van der Waals surface area contributed by atoms with Crippen molar-refractivity contribution in [3.63, 3.8) is 0 Å². The number of benzene rings is 1. The third kappa shape index (κ3) is 4.19. The normalized spacial score (nSPS) is 21.1. The number of aryl methyl sites for hydroxylation is 1. The lowest BCUT2D eigenvalue weighted by atomic mass is 9.76. The van der Waals surface area contributed by atoms with Crippen LogP contribution in [0.15, 0.2) is 30.4 Å². The maximum absolute atomic E-state index is 10.5. The molecule has 0 bridgehead atoms. The van der Waals surface area contributed by atoms with Gasteiger partial charge in [-0.05, 0) is 61.8 Å². The molecule has 0 saturated heterocycles. The third-order valence-corrected chi connectivity index (χ3v) is 4.86. The highest BCUT2D eigenvalue weighted by Gasteiger charge is 2.26. The lowest BCUT2D eigenvalue weighted by molar-refractivity contribution is 0.441. The predicted octanol–water partition coefficient (Wildman–Crippen LogP) is 5.84. The Kier molecular flexibility index (Phi) is 5.92. The molecule has 0 radical (unpaired) electrons. The van der Waals surface area contributed by atoms with Crippen molar-refractivity contribution < 1.29 is 10.2 Å². The average molecular weight is 314 g/mol. The molecule has 2 rings (SSSR count). The Morgan fingerprint density at radius 1 is 1.17 bits per heavy atom. The van der Waals surface area contributed by atoms with Crippen molar-refractivity contribution in [2.24, 2.45) is 11.8 Å². The van der Waals surface area contributed by atoms with E-state index in [-0.39, 0.29) is 17.4 Å². The Labute approximate surface area is 140 Å². The van der Waals surface area contributed by atoms with E-state index in [1.54, 1.807) is 0 Å². The van der Waals surface area contributed by atoms with E-state index in [4.69, 9.17) is 0 Å². The van der Waals surface area contributed by atoms with Gasteiger partial charge in [-0.3, -0.25) is 0 Å². The van der Waals surface area contributed by atoms with Gasteiger partial charge >= 0.3 is 0 Å². The number of unbranched alkanes of at least 4 members (excludes halogenated alkanes) is 2. The first-order chi connectivity index (χ1) is 10.9. The molecule has 1 aromatic carbocycles. The molecule has 1 aliphatic rings. The summed E-state index contributed by atoms with van der Waals surface area (Å²) in [4.78, 5) is 0. The predicted molar refractivity (Wildman–Crippen MR) is 97.7 cm³/mol. The maximum Gasteiger partial charge on any atom is 0.127 e. The lowest BCUT2D eigenvalue weighted by Crippen LogP contribution is -2.13. The highest BCUT2D eigenvalue weighted by atomic mass is 16.3. The van der Waals surface area contributed by atoms with Crippen LogP contribution in [0.4, 0.5) is 0 Å². The fraction of sp³-hybridized carbons (Fsp3) is 0.524. The van der Waals surface area contributed by atoms with E-state index in [1.807, 2.05) is 19.1 Å². The SMILES string of the molecule is C=C(C)C1CCC(C)C=C1c1c(O)cc(CCCCC)cc1O. The number of phenols is 2. The fourth-order valence-corrected chi connectivity index (χ4v) is 3.55. The van der Waals surface area contributed by atoms with Gasteiger partial charge in [-0.2, -0.15) is 0 Å². The Hall–Kier alpha value is -1.70. The van der Waals surface area contributed by atoms with Crippen LogP contribution >= 0.6 is 0 Å². The van der Waals surface area contributed by atoms with Gasteiger partial charge in [0, 0.05) is 5.92 Å². The summed E-state index contributed by atoms with van der Waals surface area (Å²) in [5.41, 5.74) is 3.73. The van der Waals surface area contributed by atoms with Crippen LogP contribution in [-0.2, 0) is 6.42 Å². The van der Waals surface area contributed by atoms with E-state index < -0.39 is 0 Å². The number of hydrogen-bond donors (Lipinski definition) is 2. The Morgan fingerprint density at radius 3 is 2.39 bits per heavy atom. The molecule has 0 amide bonds. The van der Waals surface area contributed by atoms with E-state index in [0.29, 0.717) is 11.5 Å². The van der Waals surface area contributed by atoms with Crippen molar-refractivity contribution in [3.05, 3.63) is 41.5 Å². The number of aromatic hydroxyl groups is 2. The zero-order valence-corrected chi connectivity index (χ0v) is 14.7. The second kappa shape index (κ2) is 7.72. The van der Waals surface area contributed by atoms with Gasteiger partial charge in [-0.25, -0.2) is 0 Å². The quantitative estimate of drug-likeness (QED) is 0.512. The summed E-state index contributed by atoms with van der Waals surface area (Å²) in [5, 5.41) is 21.1. The molecule has 2 atom stereocenters. The molecule has 0 saturated carbocycles. The van der Waals surface area contributed by atoms with Crippen LogP contribution in [0.2, 0.25) is 0 Å². The summed E-state index contributed by atoms with van der Waals surface area (Å²) in [5.74, 6) is 1.07. The molecule has 0 heterocycles. The molecule has 2 heteroatoms. The smallest absolute Gasteiger partial charge is 0.127 e. The molecule has 1 aromatic rings.